The van der Waals surface area contributed by atoms with Gasteiger partial charge in [0.05, 0.1) is 43.0 Å². The van der Waals surface area contributed by atoms with E-state index >= 15 is 0 Å². The molecule has 0 spiro atoms. The van der Waals surface area contributed by atoms with Crippen molar-refractivity contribution in [3.8, 4) is 17.5 Å². The third-order valence-corrected chi connectivity index (χ3v) is 3.26. The largest absolute Gasteiger partial charge is 0.495 e. The average molecular weight is 352 g/mol. The molecule has 0 aliphatic carbocycles. The lowest BCUT2D eigenvalue weighted by Gasteiger charge is -2.16. The molecule has 1 aromatic heterocycles. The molecule has 0 fully saturated rings. The van der Waals surface area contributed by atoms with Crippen LogP contribution in [0, 0.1) is 0 Å². The van der Waals surface area contributed by atoms with E-state index in [-0.39, 0.29) is 12.6 Å². The first-order valence-corrected chi connectivity index (χ1v) is 7.23. The van der Waals surface area contributed by atoms with Crippen LogP contribution < -0.4 is 30.8 Å². The van der Waals surface area contributed by atoms with Gasteiger partial charge in [0, 0.05) is 12.3 Å². The number of hydrogen-bond donors (Lipinski definition) is 2. The Balaban J connectivity index is 1.98. The lowest BCUT2D eigenvalue weighted by molar-refractivity contribution is 0.318. The molecule has 0 amide bonds. The summed E-state index contributed by atoms with van der Waals surface area (Å²) in [4.78, 5) is 7.95. The van der Waals surface area contributed by atoms with Crippen LogP contribution in [0.2, 0.25) is 5.02 Å². The highest BCUT2D eigenvalue weighted by molar-refractivity contribution is 6.32. The van der Waals surface area contributed by atoms with E-state index in [4.69, 9.17) is 37.4 Å². The van der Waals surface area contributed by atoms with E-state index in [9.17, 15) is 0 Å². The standard InChI is InChI=1S/C15H18ClN5O3/c1-22-12-6-19-15(20-7-12)24-9-10(17)8-21(18)11-3-4-13(16)14(5-11)23-2/h3-8H,9,17-18H2,1-2H3/b10-8-. The van der Waals surface area contributed by atoms with Crippen LogP contribution >= 0.6 is 11.6 Å². The number of rotatable bonds is 7. The summed E-state index contributed by atoms with van der Waals surface area (Å²) in [5, 5.41) is 1.83. The number of hydrazine groups is 1. The maximum absolute atomic E-state index is 5.98. The predicted molar refractivity (Wildman–Crippen MR) is 91.0 cm³/mol. The molecule has 2 rings (SSSR count). The Morgan fingerprint density at radius 3 is 2.58 bits per heavy atom. The maximum Gasteiger partial charge on any atom is 0.316 e. The molecule has 8 nitrogen and oxygen atoms in total. The molecule has 128 valence electrons. The van der Waals surface area contributed by atoms with Crippen LogP contribution in [0.1, 0.15) is 0 Å². The Kier molecular flexibility index (Phi) is 6.05. The molecule has 0 unspecified atom stereocenters. The van der Waals surface area contributed by atoms with Crippen molar-refractivity contribution < 1.29 is 14.2 Å². The number of nitrogens with two attached hydrogens (primary N) is 2. The lowest BCUT2D eigenvalue weighted by Crippen LogP contribution is -2.27. The number of halogens is 1. The SMILES string of the molecule is COc1cnc(OC/C(N)=C/N(N)c2ccc(Cl)c(OC)c2)nc1. The minimum atomic E-state index is 0.0742. The number of aromatic nitrogens is 2. The van der Waals surface area contributed by atoms with E-state index in [2.05, 4.69) is 9.97 Å². The Labute approximate surface area is 144 Å². The van der Waals surface area contributed by atoms with E-state index in [1.54, 1.807) is 18.2 Å². The van der Waals surface area contributed by atoms with E-state index in [1.165, 1.54) is 37.8 Å². The van der Waals surface area contributed by atoms with Crippen LogP contribution in [-0.4, -0.2) is 30.8 Å². The zero-order valence-electron chi connectivity index (χ0n) is 13.3. The summed E-state index contributed by atoms with van der Waals surface area (Å²) in [5.74, 6) is 7.00. The number of anilines is 1. The topological polar surface area (TPSA) is 109 Å². The second-order valence-corrected chi connectivity index (χ2v) is 5.03. The van der Waals surface area contributed by atoms with Gasteiger partial charge in [-0.25, -0.2) is 5.84 Å². The molecule has 0 atom stereocenters. The molecule has 0 radical (unpaired) electrons. The van der Waals surface area contributed by atoms with Gasteiger partial charge in [-0.3, -0.25) is 5.01 Å². The average Bonchev–Trinajstić information content (AvgIpc) is 2.60. The second-order valence-electron chi connectivity index (χ2n) is 4.62. The molecular weight excluding hydrogens is 334 g/mol. The fraction of sp³-hybridized carbons (Fsp3) is 0.200. The highest BCUT2D eigenvalue weighted by Gasteiger charge is 2.06. The molecule has 0 aliphatic heterocycles. The van der Waals surface area contributed by atoms with Gasteiger partial charge in [-0.15, -0.1) is 0 Å². The highest BCUT2D eigenvalue weighted by Crippen LogP contribution is 2.28. The van der Waals surface area contributed by atoms with Gasteiger partial charge < -0.3 is 19.9 Å². The van der Waals surface area contributed by atoms with E-state index in [1.807, 2.05) is 0 Å². The van der Waals surface area contributed by atoms with Crippen LogP contribution in [0.15, 0.2) is 42.5 Å². The number of methoxy groups -OCH3 is 2. The summed E-state index contributed by atoms with van der Waals surface area (Å²) < 4.78 is 15.5. The first kappa shape index (κ1) is 17.6. The van der Waals surface area contributed by atoms with Gasteiger partial charge in [0.25, 0.3) is 0 Å². The summed E-state index contributed by atoms with van der Waals surface area (Å²) in [5.41, 5.74) is 6.93. The zero-order chi connectivity index (χ0) is 17.5. The fourth-order valence-corrected chi connectivity index (χ4v) is 1.93. The molecule has 0 aliphatic rings. The van der Waals surface area contributed by atoms with E-state index in [0.717, 1.165) is 0 Å². The van der Waals surface area contributed by atoms with Crippen LogP contribution in [0.4, 0.5) is 5.69 Å². The first-order chi connectivity index (χ1) is 11.5. The lowest BCUT2D eigenvalue weighted by atomic mass is 10.3. The number of ether oxygens (including phenoxy) is 3. The molecule has 1 heterocycles. The number of benzene rings is 1. The fourth-order valence-electron chi connectivity index (χ4n) is 1.73. The van der Waals surface area contributed by atoms with Crippen molar-refractivity contribution >= 4 is 17.3 Å². The quantitative estimate of drug-likeness (QED) is 0.573. The minimum absolute atomic E-state index is 0.0742. The van der Waals surface area contributed by atoms with Crippen molar-refractivity contribution in [3.63, 3.8) is 0 Å². The van der Waals surface area contributed by atoms with E-state index < -0.39 is 0 Å². The molecule has 1 aromatic carbocycles. The van der Waals surface area contributed by atoms with Crippen LogP contribution in [0.25, 0.3) is 0 Å². The molecular formula is C15H18ClN5O3. The molecule has 9 heteroatoms. The minimum Gasteiger partial charge on any atom is -0.495 e. The van der Waals surface area contributed by atoms with Crippen LogP contribution in [-0.2, 0) is 0 Å². The van der Waals surface area contributed by atoms with Gasteiger partial charge in [0.15, 0.2) is 5.75 Å². The zero-order valence-corrected chi connectivity index (χ0v) is 14.0. The third kappa shape index (κ3) is 4.64. The summed E-state index contributed by atoms with van der Waals surface area (Å²) in [6.45, 7) is 0.0742. The first-order valence-electron chi connectivity index (χ1n) is 6.86. The Morgan fingerprint density at radius 1 is 1.25 bits per heavy atom. The number of nitrogens with zero attached hydrogens (tertiary/aromatic N) is 3. The molecule has 0 bridgehead atoms. The molecule has 2 aromatic rings. The van der Waals surface area contributed by atoms with Gasteiger partial charge >= 0.3 is 6.01 Å². The predicted octanol–water partition coefficient (Wildman–Crippen LogP) is 1.71. The van der Waals surface area contributed by atoms with Gasteiger partial charge in [-0.05, 0) is 12.1 Å². The van der Waals surface area contributed by atoms with Crippen LogP contribution in [0.5, 0.6) is 17.5 Å². The molecule has 0 saturated carbocycles. The summed E-state index contributed by atoms with van der Waals surface area (Å²) in [7, 11) is 3.06. The monoisotopic (exact) mass is 351 g/mol. The molecule has 4 N–H and O–H groups in total. The van der Waals surface area contributed by atoms with Crippen molar-refractivity contribution in [2.75, 3.05) is 25.8 Å². The van der Waals surface area contributed by atoms with Gasteiger partial charge in [-0.1, -0.05) is 11.6 Å². The van der Waals surface area contributed by atoms with Gasteiger partial charge in [-0.2, -0.15) is 9.97 Å². The van der Waals surface area contributed by atoms with Crippen molar-refractivity contribution in [3.05, 3.63) is 47.5 Å². The molecule has 24 heavy (non-hydrogen) atoms. The maximum atomic E-state index is 5.98. The summed E-state index contributed by atoms with van der Waals surface area (Å²) >= 11 is 5.98. The Morgan fingerprint density at radius 2 is 1.96 bits per heavy atom. The summed E-state index contributed by atoms with van der Waals surface area (Å²) in [6, 6.07) is 5.30. The Bertz CT molecular complexity index is 709. The number of hydrogen-bond acceptors (Lipinski definition) is 8. The van der Waals surface area contributed by atoms with Crippen molar-refractivity contribution in [1.29, 1.82) is 0 Å². The van der Waals surface area contributed by atoms with Crippen molar-refractivity contribution in [2.45, 2.75) is 0 Å². The second kappa shape index (κ2) is 8.23. The molecule has 0 saturated heterocycles. The Hall–Kier alpha value is -2.71. The highest BCUT2D eigenvalue weighted by atomic mass is 35.5. The van der Waals surface area contributed by atoms with Gasteiger partial charge in [0.2, 0.25) is 0 Å². The van der Waals surface area contributed by atoms with E-state index in [0.29, 0.717) is 27.9 Å². The van der Waals surface area contributed by atoms with Crippen LogP contribution in [0.3, 0.4) is 0 Å². The normalized spacial score (nSPS) is 11.1. The van der Waals surface area contributed by atoms with Gasteiger partial charge in [0.1, 0.15) is 12.4 Å². The summed E-state index contributed by atoms with van der Waals surface area (Å²) in [6.07, 6.45) is 4.52. The third-order valence-electron chi connectivity index (χ3n) is 2.95. The van der Waals surface area contributed by atoms with Crippen molar-refractivity contribution in [1.82, 2.24) is 9.97 Å². The van der Waals surface area contributed by atoms with Crippen molar-refractivity contribution in [2.24, 2.45) is 11.6 Å². The smallest absolute Gasteiger partial charge is 0.316 e.